The Bertz CT molecular complexity index is 557. The molecule has 1 N–H and O–H groups in total. The Morgan fingerprint density at radius 2 is 2.11 bits per heavy atom. The van der Waals surface area contributed by atoms with Gasteiger partial charge in [-0.05, 0) is 30.0 Å². The Labute approximate surface area is 111 Å². The smallest absolute Gasteiger partial charge is 0.203 e. The van der Waals surface area contributed by atoms with E-state index in [1.807, 2.05) is 30.3 Å². The second-order valence-corrected chi connectivity index (χ2v) is 4.97. The van der Waals surface area contributed by atoms with Crippen LogP contribution in [0.25, 0.3) is 0 Å². The van der Waals surface area contributed by atoms with Gasteiger partial charge in [0.05, 0.1) is 6.54 Å². The molecule has 18 heavy (non-hydrogen) atoms. The average molecular weight is 258 g/mol. The van der Waals surface area contributed by atoms with Crippen molar-refractivity contribution in [3.05, 3.63) is 47.9 Å². The van der Waals surface area contributed by atoms with Crippen LogP contribution in [0.5, 0.6) is 0 Å². The Balaban J connectivity index is 2.03. The fraction of sp³-hybridized carbons (Fsp3) is 0.214. The molecule has 3 nitrogen and oxygen atoms in total. The van der Waals surface area contributed by atoms with Crippen LogP contribution in [-0.2, 0) is 6.54 Å². The molecular formula is C14H14N2OS. The third kappa shape index (κ3) is 3.08. The Morgan fingerprint density at radius 1 is 1.28 bits per heavy atom. The number of rotatable bonds is 5. The first kappa shape index (κ1) is 12.6. The van der Waals surface area contributed by atoms with Crippen LogP contribution < -0.4 is 5.32 Å². The molecule has 2 aromatic rings. The molecule has 0 saturated carbocycles. The van der Waals surface area contributed by atoms with Crippen LogP contribution in [0.1, 0.15) is 18.4 Å². The maximum absolute atomic E-state index is 8.68. The number of hydrogen-bond donors (Lipinski definition) is 1. The van der Waals surface area contributed by atoms with E-state index in [1.165, 1.54) is 4.90 Å². The van der Waals surface area contributed by atoms with Crippen LogP contribution in [0.15, 0.2) is 45.7 Å². The summed E-state index contributed by atoms with van der Waals surface area (Å²) in [6.07, 6.45) is 0. The van der Waals surface area contributed by atoms with Gasteiger partial charge in [-0.1, -0.05) is 19.1 Å². The van der Waals surface area contributed by atoms with E-state index in [-0.39, 0.29) is 0 Å². The number of hydrogen-bond acceptors (Lipinski definition) is 4. The van der Waals surface area contributed by atoms with E-state index in [0.29, 0.717) is 12.3 Å². The largest absolute Gasteiger partial charge is 0.449 e. The number of nitrogens with zero attached hydrogens (tertiary/aromatic N) is 1. The molecule has 2 rings (SSSR count). The second-order valence-electron chi connectivity index (χ2n) is 3.66. The molecule has 0 saturated heterocycles. The summed E-state index contributed by atoms with van der Waals surface area (Å²) in [6.45, 7) is 2.72. The van der Waals surface area contributed by atoms with Crippen LogP contribution in [-0.4, -0.2) is 5.75 Å². The summed E-state index contributed by atoms with van der Waals surface area (Å²) in [5, 5.41) is 12.0. The first-order valence-electron chi connectivity index (χ1n) is 5.78. The molecule has 0 bridgehead atoms. The van der Waals surface area contributed by atoms with Gasteiger partial charge in [0.15, 0.2) is 0 Å². The maximum Gasteiger partial charge on any atom is 0.203 e. The fourth-order valence-corrected chi connectivity index (χ4v) is 2.39. The fourth-order valence-electron chi connectivity index (χ4n) is 1.61. The molecule has 1 aromatic carbocycles. The van der Waals surface area contributed by atoms with Crippen LogP contribution in [0.3, 0.4) is 0 Å². The SMILES string of the molecule is CCSc1ccccc1NCc1ccc(C#N)o1. The van der Waals surface area contributed by atoms with Crippen LogP contribution >= 0.6 is 11.8 Å². The van der Waals surface area contributed by atoms with E-state index in [0.717, 1.165) is 17.2 Å². The van der Waals surface area contributed by atoms with Crippen LogP contribution in [0, 0.1) is 11.3 Å². The van der Waals surface area contributed by atoms with E-state index in [9.17, 15) is 0 Å². The highest BCUT2D eigenvalue weighted by atomic mass is 32.2. The number of nitrogens with one attached hydrogen (secondary N) is 1. The first-order valence-corrected chi connectivity index (χ1v) is 6.76. The monoisotopic (exact) mass is 258 g/mol. The first-order chi connectivity index (χ1) is 8.83. The molecule has 0 aliphatic rings. The van der Waals surface area contributed by atoms with Gasteiger partial charge in [0.2, 0.25) is 5.76 Å². The summed E-state index contributed by atoms with van der Waals surface area (Å²) >= 11 is 1.80. The summed E-state index contributed by atoms with van der Waals surface area (Å²) in [6, 6.07) is 13.7. The summed E-state index contributed by atoms with van der Waals surface area (Å²) in [4.78, 5) is 1.23. The molecule has 1 aromatic heterocycles. The summed E-state index contributed by atoms with van der Waals surface area (Å²) < 4.78 is 5.32. The van der Waals surface area contributed by atoms with Gasteiger partial charge in [0.25, 0.3) is 0 Å². The highest BCUT2D eigenvalue weighted by Crippen LogP contribution is 2.27. The Hall–Kier alpha value is -1.86. The van der Waals surface area contributed by atoms with Gasteiger partial charge in [-0.25, -0.2) is 0 Å². The molecule has 0 fully saturated rings. The van der Waals surface area contributed by atoms with E-state index in [4.69, 9.17) is 9.68 Å². The maximum atomic E-state index is 8.68. The number of benzene rings is 1. The average Bonchev–Trinajstić information content (AvgIpc) is 2.86. The third-order valence-corrected chi connectivity index (χ3v) is 3.37. The van der Waals surface area contributed by atoms with E-state index in [2.05, 4.69) is 18.3 Å². The van der Waals surface area contributed by atoms with Crippen molar-refractivity contribution < 1.29 is 4.42 Å². The van der Waals surface area contributed by atoms with Gasteiger partial charge < -0.3 is 9.73 Å². The van der Waals surface area contributed by atoms with Crippen molar-refractivity contribution in [2.45, 2.75) is 18.4 Å². The molecule has 0 atom stereocenters. The van der Waals surface area contributed by atoms with Crippen molar-refractivity contribution in [2.75, 3.05) is 11.1 Å². The van der Waals surface area contributed by atoms with E-state index in [1.54, 1.807) is 17.8 Å². The molecule has 0 spiro atoms. The molecular weight excluding hydrogens is 244 g/mol. The molecule has 4 heteroatoms. The summed E-state index contributed by atoms with van der Waals surface area (Å²) in [5.41, 5.74) is 1.10. The van der Waals surface area contributed by atoms with Gasteiger partial charge >= 0.3 is 0 Å². The zero-order chi connectivity index (χ0) is 12.8. The minimum atomic E-state index is 0.350. The van der Waals surface area contributed by atoms with Crippen molar-refractivity contribution in [2.24, 2.45) is 0 Å². The van der Waals surface area contributed by atoms with Gasteiger partial charge in [0.1, 0.15) is 11.8 Å². The van der Waals surface area contributed by atoms with Crippen molar-refractivity contribution in [3.63, 3.8) is 0 Å². The highest BCUT2D eigenvalue weighted by Gasteiger charge is 2.04. The lowest BCUT2D eigenvalue weighted by atomic mass is 10.3. The minimum Gasteiger partial charge on any atom is -0.449 e. The van der Waals surface area contributed by atoms with Gasteiger partial charge in [-0.2, -0.15) is 5.26 Å². The van der Waals surface area contributed by atoms with Gasteiger partial charge in [-0.15, -0.1) is 11.8 Å². The lowest BCUT2D eigenvalue weighted by Crippen LogP contribution is -1.99. The van der Waals surface area contributed by atoms with E-state index >= 15 is 0 Å². The number of furan rings is 1. The molecule has 0 amide bonds. The second kappa shape index (κ2) is 6.18. The van der Waals surface area contributed by atoms with Crippen molar-refractivity contribution >= 4 is 17.4 Å². The number of thioether (sulfide) groups is 1. The minimum absolute atomic E-state index is 0.350. The number of anilines is 1. The molecule has 1 heterocycles. The van der Waals surface area contributed by atoms with Gasteiger partial charge in [0, 0.05) is 10.6 Å². The molecule has 0 aliphatic heterocycles. The lowest BCUT2D eigenvalue weighted by molar-refractivity contribution is 0.506. The van der Waals surface area contributed by atoms with Crippen LogP contribution in [0.2, 0.25) is 0 Å². The van der Waals surface area contributed by atoms with Crippen molar-refractivity contribution in [1.82, 2.24) is 0 Å². The van der Waals surface area contributed by atoms with E-state index < -0.39 is 0 Å². The zero-order valence-corrected chi connectivity index (χ0v) is 11.0. The number of nitriles is 1. The number of para-hydroxylation sites is 1. The molecule has 0 aliphatic carbocycles. The quantitative estimate of drug-likeness (QED) is 0.827. The molecule has 92 valence electrons. The van der Waals surface area contributed by atoms with Crippen molar-refractivity contribution in [3.8, 4) is 6.07 Å². The topological polar surface area (TPSA) is 49.0 Å². The zero-order valence-electron chi connectivity index (χ0n) is 10.1. The van der Waals surface area contributed by atoms with Crippen molar-refractivity contribution in [1.29, 1.82) is 5.26 Å². The Kier molecular flexibility index (Phi) is 4.32. The standard InChI is InChI=1S/C14H14N2OS/c1-2-18-14-6-4-3-5-13(14)16-10-12-8-7-11(9-15)17-12/h3-8,16H,2,10H2,1H3. The summed E-state index contributed by atoms with van der Waals surface area (Å²) in [5.74, 6) is 2.16. The molecule has 0 unspecified atom stereocenters. The van der Waals surface area contributed by atoms with Gasteiger partial charge in [-0.3, -0.25) is 0 Å². The normalized spacial score (nSPS) is 10.0. The third-order valence-electron chi connectivity index (χ3n) is 2.41. The summed E-state index contributed by atoms with van der Waals surface area (Å²) in [7, 11) is 0. The predicted octanol–water partition coefficient (Wildman–Crippen LogP) is 3.88. The predicted molar refractivity (Wildman–Crippen MR) is 73.6 cm³/mol. The van der Waals surface area contributed by atoms with Crippen LogP contribution in [0.4, 0.5) is 5.69 Å². The lowest BCUT2D eigenvalue weighted by Gasteiger charge is -2.09. The Morgan fingerprint density at radius 3 is 2.83 bits per heavy atom. The highest BCUT2D eigenvalue weighted by molar-refractivity contribution is 7.99. The molecule has 0 radical (unpaired) electrons.